The number of amides is 1. The van der Waals surface area contributed by atoms with Crippen molar-refractivity contribution >= 4 is 33.4 Å². The minimum atomic E-state index is -2.75. The van der Waals surface area contributed by atoms with Crippen molar-refractivity contribution in [3.63, 3.8) is 0 Å². The standard InChI is InChI=1S/C21H18F2N4O2S/c1-12-18(19-25-15-5-3-4-6-16(15)27(19)20(22)23)30-21(24-12)26-17(28)11-13-7-9-14(29-2)10-8-13/h3-10,20H,11H2,1-2H3,(H,24,26,28). The Morgan fingerprint density at radius 1 is 1.17 bits per heavy atom. The number of nitrogens with zero attached hydrogens (tertiary/aromatic N) is 3. The van der Waals surface area contributed by atoms with Crippen LogP contribution in [-0.4, -0.2) is 27.6 Å². The second-order valence-electron chi connectivity index (χ2n) is 6.58. The number of hydrogen-bond donors (Lipinski definition) is 1. The van der Waals surface area contributed by atoms with E-state index < -0.39 is 6.55 Å². The van der Waals surface area contributed by atoms with Crippen molar-refractivity contribution in [2.24, 2.45) is 0 Å². The topological polar surface area (TPSA) is 69.0 Å². The third-order valence-electron chi connectivity index (χ3n) is 4.56. The van der Waals surface area contributed by atoms with Gasteiger partial charge in [0.15, 0.2) is 11.0 Å². The second kappa shape index (κ2) is 8.19. The van der Waals surface area contributed by atoms with Crippen molar-refractivity contribution in [1.82, 2.24) is 14.5 Å². The van der Waals surface area contributed by atoms with Gasteiger partial charge in [-0.15, -0.1) is 0 Å². The van der Waals surface area contributed by atoms with Crippen LogP contribution in [0.3, 0.4) is 0 Å². The van der Waals surface area contributed by atoms with E-state index in [0.29, 0.717) is 32.5 Å². The van der Waals surface area contributed by atoms with Crippen molar-refractivity contribution in [1.29, 1.82) is 0 Å². The summed E-state index contributed by atoms with van der Waals surface area (Å²) in [5, 5.41) is 3.09. The number of para-hydroxylation sites is 2. The molecule has 0 saturated heterocycles. The number of carbonyl (C=O) groups is 1. The fraction of sp³-hybridized carbons (Fsp3) is 0.190. The Labute approximate surface area is 175 Å². The van der Waals surface area contributed by atoms with E-state index in [1.807, 2.05) is 12.1 Å². The fourth-order valence-corrected chi connectivity index (χ4v) is 4.12. The van der Waals surface area contributed by atoms with E-state index in [0.717, 1.165) is 21.5 Å². The molecule has 0 spiro atoms. The summed E-state index contributed by atoms with van der Waals surface area (Å²) < 4.78 is 33.5. The molecule has 0 aliphatic rings. The highest BCUT2D eigenvalue weighted by Gasteiger charge is 2.23. The molecule has 4 aromatic rings. The first-order chi connectivity index (χ1) is 14.5. The maximum atomic E-state index is 13.7. The fourth-order valence-electron chi connectivity index (χ4n) is 3.15. The van der Waals surface area contributed by atoms with Gasteiger partial charge < -0.3 is 10.1 Å². The summed E-state index contributed by atoms with van der Waals surface area (Å²) in [6.07, 6.45) is 0.160. The summed E-state index contributed by atoms with van der Waals surface area (Å²) in [5.41, 5.74) is 2.17. The molecule has 6 nitrogen and oxygen atoms in total. The van der Waals surface area contributed by atoms with Crippen LogP contribution in [0.5, 0.6) is 5.75 Å². The quantitative estimate of drug-likeness (QED) is 0.466. The first-order valence-corrected chi connectivity index (χ1v) is 9.93. The molecule has 154 valence electrons. The first-order valence-electron chi connectivity index (χ1n) is 9.12. The molecule has 2 heterocycles. The Bertz CT molecular complexity index is 1200. The van der Waals surface area contributed by atoms with Gasteiger partial charge in [0.2, 0.25) is 5.91 Å². The normalized spacial score (nSPS) is 11.2. The molecule has 1 amide bonds. The van der Waals surface area contributed by atoms with Crippen LogP contribution in [0.25, 0.3) is 21.7 Å². The monoisotopic (exact) mass is 428 g/mol. The van der Waals surface area contributed by atoms with E-state index in [-0.39, 0.29) is 18.2 Å². The van der Waals surface area contributed by atoms with Gasteiger partial charge in [0, 0.05) is 0 Å². The van der Waals surface area contributed by atoms with Crippen LogP contribution in [0.2, 0.25) is 0 Å². The summed E-state index contributed by atoms with van der Waals surface area (Å²) in [6.45, 7) is -1.04. The number of hydrogen-bond acceptors (Lipinski definition) is 5. The lowest BCUT2D eigenvalue weighted by Crippen LogP contribution is -2.14. The van der Waals surface area contributed by atoms with Crippen molar-refractivity contribution in [3.8, 4) is 16.5 Å². The van der Waals surface area contributed by atoms with Gasteiger partial charge in [0.1, 0.15) is 5.75 Å². The van der Waals surface area contributed by atoms with E-state index in [1.165, 1.54) is 0 Å². The van der Waals surface area contributed by atoms with Gasteiger partial charge in [0.25, 0.3) is 0 Å². The molecule has 0 atom stereocenters. The number of rotatable bonds is 6. The lowest BCUT2D eigenvalue weighted by Gasteiger charge is -2.06. The number of benzene rings is 2. The summed E-state index contributed by atoms with van der Waals surface area (Å²) in [6, 6.07) is 13.9. The van der Waals surface area contributed by atoms with Crippen LogP contribution >= 0.6 is 11.3 Å². The zero-order valence-corrected chi connectivity index (χ0v) is 17.0. The van der Waals surface area contributed by atoms with E-state index in [9.17, 15) is 13.6 Å². The maximum Gasteiger partial charge on any atom is 0.320 e. The minimum absolute atomic E-state index is 0.136. The zero-order chi connectivity index (χ0) is 21.3. The Kier molecular flexibility index (Phi) is 5.45. The largest absolute Gasteiger partial charge is 0.497 e. The van der Waals surface area contributed by atoms with E-state index in [2.05, 4.69) is 15.3 Å². The van der Waals surface area contributed by atoms with Crippen molar-refractivity contribution in [3.05, 3.63) is 59.8 Å². The van der Waals surface area contributed by atoms with Crippen LogP contribution in [-0.2, 0) is 11.2 Å². The van der Waals surface area contributed by atoms with Gasteiger partial charge in [0.05, 0.1) is 35.1 Å². The summed E-state index contributed by atoms with van der Waals surface area (Å²) in [4.78, 5) is 21.6. The van der Waals surface area contributed by atoms with Gasteiger partial charge in [-0.3, -0.25) is 9.36 Å². The Morgan fingerprint density at radius 2 is 1.90 bits per heavy atom. The van der Waals surface area contributed by atoms with E-state index >= 15 is 0 Å². The number of halogens is 2. The average molecular weight is 428 g/mol. The number of carbonyl (C=O) groups excluding carboxylic acids is 1. The number of thiazole rings is 1. The molecule has 0 bridgehead atoms. The highest BCUT2D eigenvalue weighted by molar-refractivity contribution is 7.19. The number of fused-ring (bicyclic) bond motifs is 1. The summed E-state index contributed by atoms with van der Waals surface area (Å²) in [7, 11) is 1.58. The number of aromatic nitrogens is 3. The molecule has 0 saturated carbocycles. The first kappa shape index (κ1) is 20.0. The number of alkyl halides is 2. The van der Waals surface area contributed by atoms with Crippen LogP contribution in [0, 0.1) is 6.92 Å². The molecular weight excluding hydrogens is 410 g/mol. The molecule has 2 aromatic carbocycles. The number of imidazole rings is 1. The molecule has 30 heavy (non-hydrogen) atoms. The van der Waals surface area contributed by atoms with Crippen LogP contribution in [0.1, 0.15) is 17.8 Å². The Morgan fingerprint density at radius 3 is 2.60 bits per heavy atom. The molecule has 0 unspecified atom stereocenters. The molecule has 0 fully saturated rings. The van der Waals surface area contributed by atoms with E-state index in [4.69, 9.17) is 4.74 Å². The predicted molar refractivity (Wildman–Crippen MR) is 112 cm³/mol. The zero-order valence-electron chi connectivity index (χ0n) is 16.2. The third kappa shape index (κ3) is 3.88. The van der Waals surface area contributed by atoms with Gasteiger partial charge in [-0.05, 0) is 36.8 Å². The lowest BCUT2D eigenvalue weighted by molar-refractivity contribution is -0.115. The number of anilines is 1. The molecule has 2 aromatic heterocycles. The number of aryl methyl sites for hydroxylation is 1. The minimum Gasteiger partial charge on any atom is -0.497 e. The molecule has 0 aliphatic heterocycles. The Balaban J connectivity index is 1.58. The SMILES string of the molecule is COc1ccc(CC(=O)Nc2nc(C)c(-c3nc4ccccc4n3C(F)F)s2)cc1. The average Bonchev–Trinajstić information content (AvgIpc) is 3.28. The van der Waals surface area contributed by atoms with Crippen molar-refractivity contribution in [2.75, 3.05) is 12.4 Å². The summed E-state index contributed by atoms with van der Waals surface area (Å²) >= 11 is 1.12. The lowest BCUT2D eigenvalue weighted by atomic mass is 10.1. The number of nitrogens with one attached hydrogen (secondary N) is 1. The highest BCUT2D eigenvalue weighted by Crippen LogP contribution is 2.36. The van der Waals surface area contributed by atoms with Crippen LogP contribution in [0.15, 0.2) is 48.5 Å². The van der Waals surface area contributed by atoms with Crippen LogP contribution in [0.4, 0.5) is 13.9 Å². The molecule has 1 N–H and O–H groups in total. The van der Waals surface area contributed by atoms with Crippen molar-refractivity contribution < 1.29 is 18.3 Å². The molecule has 9 heteroatoms. The van der Waals surface area contributed by atoms with Gasteiger partial charge in [-0.25, -0.2) is 9.97 Å². The van der Waals surface area contributed by atoms with Gasteiger partial charge >= 0.3 is 6.55 Å². The number of ether oxygens (including phenoxy) is 1. The van der Waals surface area contributed by atoms with Crippen LogP contribution < -0.4 is 10.1 Å². The Hall–Kier alpha value is -3.33. The van der Waals surface area contributed by atoms with E-state index in [1.54, 1.807) is 50.4 Å². The smallest absolute Gasteiger partial charge is 0.320 e. The molecular formula is C21H18F2N4O2S. The predicted octanol–water partition coefficient (Wildman–Crippen LogP) is 5.05. The molecule has 0 aliphatic carbocycles. The highest BCUT2D eigenvalue weighted by atomic mass is 32.1. The molecule has 4 rings (SSSR count). The van der Waals surface area contributed by atoms with Crippen molar-refractivity contribution in [2.45, 2.75) is 19.9 Å². The van der Waals surface area contributed by atoms with Gasteiger partial charge in [-0.2, -0.15) is 8.78 Å². The summed E-state index contributed by atoms with van der Waals surface area (Å²) in [5.74, 6) is 0.598. The maximum absolute atomic E-state index is 13.7. The third-order valence-corrected chi connectivity index (χ3v) is 5.63. The van der Waals surface area contributed by atoms with Gasteiger partial charge in [-0.1, -0.05) is 35.6 Å². The number of methoxy groups -OCH3 is 1. The molecule has 0 radical (unpaired) electrons. The second-order valence-corrected chi connectivity index (χ2v) is 7.58.